The molecule has 0 bridgehead atoms. The molecular formula is C10H14N2S. The SMILES string of the molecule is CC(Cc1ccsc1)NCCC#N. The van der Waals surface area contributed by atoms with Crippen LogP contribution >= 0.6 is 11.3 Å². The average Bonchev–Trinajstić information content (AvgIpc) is 2.57. The molecule has 1 unspecified atom stereocenters. The molecule has 0 spiro atoms. The van der Waals surface area contributed by atoms with E-state index in [1.807, 2.05) is 0 Å². The molecule has 0 radical (unpaired) electrons. The minimum Gasteiger partial charge on any atom is -0.313 e. The summed E-state index contributed by atoms with van der Waals surface area (Å²) in [5.74, 6) is 0. The molecule has 0 fully saturated rings. The Hall–Kier alpha value is -0.850. The van der Waals surface area contributed by atoms with E-state index in [1.165, 1.54) is 5.56 Å². The van der Waals surface area contributed by atoms with Crippen LogP contribution in [0.5, 0.6) is 0 Å². The fourth-order valence-electron chi connectivity index (χ4n) is 1.21. The molecule has 70 valence electrons. The zero-order chi connectivity index (χ0) is 9.52. The minimum absolute atomic E-state index is 0.461. The second-order valence-electron chi connectivity index (χ2n) is 3.10. The van der Waals surface area contributed by atoms with Crippen LogP contribution in [0.15, 0.2) is 16.8 Å². The highest BCUT2D eigenvalue weighted by molar-refractivity contribution is 7.07. The summed E-state index contributed by atoms with van der Waals surface area (Å²) in [4.78, 5) is 0. The van der Waals surface area contributed by atoms with E-state index < -0.39 is 0 Å². The molecule has 2 nitrogen and oxygen atoms in total. The lowest BCUT2D eigenvalue weighted by molar-refractivity contribution is 0.554. The molecule has 0 aromatic carbocycles. The number of nitriles is 1. The summed E-state index contributed by atoms with van der Waals surface area (Å²) in [7, 11) is 0. The first-order chi connectivity index (χ1) is 6.33. The van der Waals surface area contributed by atoms with Crippen LogP contribution in [0.1, 0.15) is 18.9 Å². The van der Waals surface area contributed by atoms with Gasteiger partial charge in [0.2, 0.25) is 0 Å². The van der Waals surface area contributed by atoms with Crippen molar-refractivity contribution in [1.29, 1.82) is 5.26 Å². The predicted molar refractivity (Wildman–Crippen MR) is 55.7 cm³/mol. The Balaban J connectivity index is 2.19. The maximum absolute atomic E-state index is 8.35. The Kier molecular flexibility index (Phi) is 4.52. The number of nitrogens with one attached hydrogen (secondary N) is 1. The quantitative estimate of drug-likeness (QED) is 0.729. The monoisotopic (exact) mass is 194 g/mol. The van der Waals surface area contributed by atoms with Gasteiger partial charge >= 0.3 is 0 Å². The Labute approximate surface area is 83.2 Å². The predicted octanol–water partition coefficient (Wildman–Crippen LogP) is 2.18. The molecule has 1 aromatic rings. The summed E-state index contributed by atoms with van der Waals surface area (Å²) in [6.45, 7) is 2.94. The molecule has 1 N–H and O–H groups in total. The average molecular weight is 194 g/mol. The molecule has 1 rings (SSSR count). The number of hydrogen-bond donors (Lipinski definition) is 1. The summed E-state index contributed by atoms with van der Waals surface area (Å²) in [5.41, 5.74) is 1.38. The fourth-order valence-corrected chi connectivity index (χ4v) is 1.89. The third-order valence-corrected chi connectivity index (χ3v) is 2.58. The van der Waals surface area contributed by atoms with Gasteiger partial charge < -0.3 is 5.32 Å². The summed E-state index contributed by atoms with van der Waals surface area (Å²) >= 11 is 1.73. The molecule has 0 aliphatic carbocycles. The smallest absolute Gasteiger partial charge is 0.0635 e. The van der Waals surface area contributed by atoms with Crippen LogP contribution in [0.3, 0.4) is 0 Å². The van der Waals surface area contributed by atoms with Gasteiger partial charge in [0, 0.05) is 19.0 Å². The first-order valence-corrected chi connectivity index (χ1v) is 5.38. The summed E-state index contributed by atoms with van der Waals surface area (Å²) in [6.07, 6.45) is 1.64. The number of hydrogen-bond acceptors (Lipinski definition) is 3. The van der Waals surface area contributed by atoms with Gasteiger partial charge in [-0.25, -0.2) is 0 Å². The van der Waals surface area contributed by atoms with Gasteiger partial charge in [-0.05, 0) is 35.7 Å². The van der Waals surface area contributed by atoms with Crippen molar-refractivity contribution in [3.8, 4) is 6.07 Å². The van der Waals surface area contributed by atoms with Gasteiger partial charge in [0.25, 0.3) is 0 Å². The Morgan fingerprint density at radius 3 is 3.15 bits per heavy atom. The third kappa shape index (κ3) is 4.07. The van der Waals surface area contributed by atoms with Gasteiger partial charge in [0.15, 0.2) is 0 Å². The first kappa shape index (κ1) is 10.2. The van der Waals surface area contributed by atoms with Crippen LogP contribution in [-0.2, 0) is 6.42 Å². The topological polar surface area (TPSA) is 35.8 Å². The van der Waals surface area contributed by atoms with E-state index in [-0.39, 0.29) is 0 Å². The van der Waals surface area contributed by atoms with Gasteiger partial charge in [0.05, 0.1) is 6.07 Å². The van der Waals surface area contributed by atoms with Crippen LogP contribution in [0.25, 0.3) is 0 Å². The highest BCUT2D eigenvalue weighted by Gasteiger charge is 2.01. The second kappa shape index (κ2) is 5.74. The lowest BCUT2D eigenvalue weighted by atomic mass is 10.1. The maximum atomic E-state index is 8.35. The van der Waals surface area contributed by atoms with Gasteiger partial charge in [0.1, 0.15) is 0 Å². The van der Waals surface area contributed by atoms with Crippen LogP contribution < -0.4 is 5.32 Å². The van der Waals surface area contributed by atoms with E-state index in [1.54, 1.807) is 11.3 Å². The molecule has 0 saturated carbocycles. The fraction of sp³-hybridized carbons (Fsp3) is 0.500. The molecular weight excluding hydrogens is 180 g/mol. The first-order valence-electron chi connectivity index (χ1n) is 4.44. The van der Waals surface area contributed by atoms with E-state index in [0.717, 1.165) is 13.0 Å². The van der Waals surface area contributed by atoms with E-state index in [2.05, 4.69) is 35.1 Å². The second-order valence-corrected chi connectivity index (χ2v) is 3.88. The molecule has 1 aromatic heterocycles. The van der Waals surface area contributed by atoms with Crippen molar-refractivity contribution in [1.82, 2.24) is 5.32 Å². The summed E-state index contributed by atoms with van der Waals surface area (Å²) in [6, 6.07) is 4.73. The van der Waals surface area contributed by atoms with Crippen molar-refractivity contribution in [3.05, 3.63) is 22.4 Å². The van der Waals surface area contributed by atoms with Gasteiger partial charge in [-0.1, -0.05) is 0 Å². The molecule has 13 heavy (non-hydrogen) atoms. The van der Waals surface area contributed by atoms with Gasteiger partial charge in [-0.15, -0.1) is 0 Å². The van der Waals surface area contributed by atoms with Crippen molar-refractivity contribution in [2.45, 2.75) is 25.8 Å². The van der Waals surface area contributed by atoms with E-state index in [9.17, 15) is 0 Å². The molecule has 0 aliphatic heterocycles. The number of thiophene rings is 1. The van der Waals surface area contributed by atoms with Gasteiger partial charge in [-0.2, -0.15) is 16.6 Å². The largest absolute Gasteiger partial charge is 0.313 e. The highest BCUT2D eigenvalue weighted by Crippen LogP contribution is 2.08. The van der Waals surface area contributed by atoms with E-state index in [4.69, 9.17) is 5.26 Å². The Bertz CT molecular complexity index is 261. The maximum Gasteiger partial charge on any atom is 0.0635 e. The van der Waals surface area contributed by atoms with Crippen LogP contribution in [0, 0.1) is 11.3 Å². The molecule has 0 saturated heterocycles. The number of nitrogens with zero attached hydrogens (tertiary/aromatic N) is 1. The van der Waals surface area contributed by atoms with Crippen molar-refractivity contribution in [2.24, 2.45) is 0 Å². The van der Waals surface area contributed by atoms with Crippen molar-refractivity contribution in [3.63, 3.8) is 0 Å². The van der Waals surface area contributed by atoms with Crippen LogP contribution in [0.4, 0.5) is 0 Å². The zero-order valence-electron chi connectivity index (χ0n) is 7.79. The van der Waals surface area contributed by atoms with E-state index in [0.29, 0.717) is 12.5 Å². The number of rotatable bonds is 5. The van der Waals surface area contributed by atoms with Crippen molar-refractivity contribution in [2.75, 3.05) is 6.54 Å². The van der Waals surface area contributed by atoms with Crippen LogP contribution in [0.2, 0.25) is 0 Å². The molecule has 3 heteroatoms. The summed E-state index contributed by atoms with van der Waals surface area (Å²) in [5, 5.41) is 15.9. The van der Waals surface area contributed by atoms with Crippen molar-refractivity contribution >= 4 is 11.3 Å². The Morgan fingerprint density at radius 1 is 1.69 bits per heavy atom. The lowest BCUT2D eigenvalue weighted by Gasteiger charge is -2.10. The highest BCUT2D eigenvalue weighted by atomic mass is 32.1. The summed E-state index contributed by atoms with van der Waals surface area (Å²) < 4.78 is 0. The van der Waals surface area contributed by atoms with E-state index >= 15 is 0 Å². The molecule has 1 atom stereocenters. The molecule has 1 heterocycles. The zero-order valence-corrected chi connectivity index (χ0v) is 8.60. The standard InChI is InChI=1S/C10H14N2S/c1-9(12-5-2-4-11)7-10-3-6-13-8-10/h3,6,8-9,12H,2,5,7H2,1H3. The lowest BCUT2D eigenvalue weighted by Crippen LogP contribution is -2.28. The molecule has 0 amide bonds. The Morgan fingerprint density at radius 2 is 2.54 bits per heavy atom. The normalized spacial score (nSPS) is 12.3. The minimum atomic E-state index is 0.461. The van der Waals surface area contributed by atoms with Crippen molar-refractivity contribution < 1.29 is 0 Å². The van der Waals surface area contributed by atoms with Gasteiger partial charge in [-0.3, -0.25) is 0 Å². The third-order valence-electron chi connectivity index (χ3n) is 1.85. The van der Waals surface area contributed by atoms with Crippen LogP contribution in [-0.4, -0.2) is 12.6 Å². The molecule has 0 aliphatic rings.